The summed E-state index contributed by atoms with van der Waals surface area (Å²) in [4.78, 5) is 22.9. The van der Waals surface area contributed by atoms with Crippen molar-refractivity contribution < 1.29 is 19.4 Å². The molecule has 0 radical (unpaired) electrons. The Hall–Kier alpha value is -1.58. The summed E-state index contributed by atoms with van der Waals surface area (Å²) in [5.74, 6) is -0.811. The lowest BCUT2D eigenvalue weighted by Crippen LogP contribution is -2.16. The molecule has 1 N–H and O–H groups in total. The molecule has 0 aromatic heterocycles. The summed E-state index contributed by atoms with van der Waals surface area (Å²) in [6.07, 6.45) is 32.2. The van der Waals surface area contributed by atoms with Crippen molar-refractivity contribution in [2.75, 3.05) is 0 Å². The highest BCUT2D eigenvalue weighted by molar-refractivity contribution is 5.69. The summed E-state index contributed by atoms with van der Waals surface area (Å²) in [7, 11) is 0. The van der Waals surface area contributed by atoms with Gasteiger partial charge in [0, 0.05) is 12.8 Å². The highest BCUT2D eigenvalue weighted by Crippen LogP contribution is 2.14. The molecule has 4 nitrogen and oxygen atoms in total. The Labute approximate surface area is 217 Å². The first kappa shape index (κ1) is 33.4. The van der Waals surface area contributed by atoms with Gasteiger partial charge in [0.15, 0.2) is 0 Å². The maximum atomic E-state index is 12.3. The number of hydrogen-bond donors (Lipinski definition) is 1. The van der Waals surface area contributed by atoms with E-state index in [1.54, 1.807) is 0 Å². The number of allylic oxidation sites excluding steroid dienone is 3. The van der Waals surface area contributed by atoms with Crippen molar-refractivity contribution in [3.8, 4) is 0 Å². The number of ether oxygens (including phenoxy) is 1. The molecule has 0 bridgehead atoms. The Morgan fingerprint density at radius 1 is 0.629 bits per heavy atom. The van der Waals surface area contributed by atoms with Gasteiger partial charge < -0.3 is 9.84 Å². The number of unbranched alkanes of at least 4 members (excludes halogenated alkanes) is 15. The van der Waals surface area contributed by atoms with Crippen molar-refractivity contribution in [2.45, 2.75) is 161 Å². The van der Waals surface area contributed by atoms with Crippen molar-refractivity contribution in [2.24, 2.45) is 0 Å². The van der Waals surface area contributed by atoms with Crippen LogP contribution in [0.4, 0.5) is 0 Å². The zero-order valence-electron chi connectivity index (χ0n) is 23.1. The predicted octanol–water partition coefficient (Wildman–Crippen LogP) is 9.72. The monoisotopic (exact) mass is 492 g/mol. The minimum atomic E-state index is -0.727. The third kappa shape index (κ3) is 26.9. The van der Waals surface area contributed by atoms with Crippen LogP contribution >= 0.6 is 0 Å². The van der Waals surface area contributed by atoms with Crippen LogP contribution in [0, 0.1) is 0 Å². The fourth-order valence-corrected chi connectivity index (χ4v) is 4.15. The highest BCUT2D eigenvalue weighted by atomic mass is 16.5. The fourth-order valence-electron chi connectivity index (χ4n) is 4.15. The lowest BCUT2D eigenvalue weighted by atomic mass is 10.1. The second-order valence-electron chi connectivity index (χ2n) is 9.93. The highest BCUT2D eigenvalue weighted by Gasteiger charge is 2.11. The van der Waals surface area contributed by atoms with Crippen LogP contribution in [0.15, 0.2) is 24.3 Å². The van der Waals surface area contributed by atoms with E-state index in [0.717, 1.165) is 57.8 Å². The molecule has 4 heteroatoms. The largest absolute Gasteiger partial charge is 0.481 e. The molecular weight excluding hydrogens is 436 g/mol. The van der Waals surface area contributed by atoms with Crippen LogP contribution in [0.5, 0.6) is 0 Å². The first-order valence-electron chi connectivity index (χ1n) is 14.8. The zero-order chi connectivity index (χ0) is 25.8. The number of aliphatic carboxylic acids is 1. The van der Waals surface area contributed by atoms with Crippen LogP contribution in [0.1, 0.15) is 155 Å². The molecule has 0 saturated carbocycles. The molecule has 0 aromatic carbocycles. The van der Waals surface area contributed by atoms with Crippen LogP contribution in [0.2, 0.25) is 0 Å². The normalized spacial score (nSPS) is 12.5. The summed E-state index contributed by atoms with van der Waals surface area (Å²) in [6, 6.07) is 0. The minimum Gasteiger partial charge on any atom is -0.481 e. The van der Waals surface area contributed by atoms with Crippen molar-refractivity contribution in [1.29, 1.82) is 0 Å². The Morgan fingerprint density at radius 2 is 1.17 bits per heavy atom. The van der Waals surface area contributed by atoms with Crippen LogP contribution < -0.4 is 0 Å². The van der Waals surface area contributed by atoms with Gasteiger partial charge in [0.25, 0.3) is 0 Å². The topological polar surface area (TPSA) is 63.6 Å². The average Bonchev–Trinajstić information content (AvgIpc) is 2.83. The van der Waals surface area contributed by atoms with Gasteiger partial charge in [0.2, 0.25) is 0 Å². The molecule has 0 saturated heterocycles. The Bertz CT molecular complexity index is 538. The number of carboxylic acids is 1. The lowest BCUT2D eigenvalue weighted by Gasteiger charge is -2.14. The molecule has 0 amide bonds. The molecule has 0 aliphatic heterocycles. The Morgan fingerprint density at radius 3 is 1.77 bits per heavy atom. The second-order valence-corrected chi connectivity index (χ2v) is 9.93. The van der Waals surface area contributed by atoms with Crippen LogP contribution in [0.3, 0.4) is 0 Å². The van der Waals surface area contributed by atoms with Gasteiger partial charge in [0.05, 0.1) is 0 Å². The van der Waals surface area contributed by atoms with Crippen molar-refractivity contribution >= 4 is 11.9 Å². The molecule has 0 heterocycles. The Balaban J connectivity index is 3.78. The molecule has 1 atom stereocenters. The van der Waals surface area contributed by atoms with Crippen LogP contribution in [-0.2, 0) is 14.3 Å². The van der Waals surface area contributed by atoms with Gasteiger partial charge >= 0.3 is 11.9 Å². The van der Waals surface area contributed by atoms with Crippen molar-refractivity contribution in [1.82, 2.24) is 0 Å². The van der Waals surface area contributed by atoms with E-state index in [1.807, 2.05) is 6.08 Å². The molecule has 0 aromatic rings. The number of rotatable bonds is 26. The zero-order valence-corrected chi connectivity index (χ0v) is 23.1. The summed E-state index contributed by atoms with van der Waals surface area (Å²) in [5, 5.41) is 8.71. The van der Waals surface area contributed by atoms with Crippen molar-refractivity contribution in [3.05, 3.63) is 24.3 Å². The predicted molar refractivity (Wildman–Crippen MR) is 149 cm³/mol. The molecule has 0 spiro atoms. The number of carboxylic acid groups (broad SMARTS) is 1. The minimum absolute atomic E-state index is 0.0837. The third-order valence-corrected chi connectivity index (χ3v) is 6.36. The van der Waals surface area contributed by atoms with E-state index in [0.29, 0.717) is 6.42 Å². The second kappa shape index (κ2) is 27.0. The summed E-state index contributed by atoms with van der Waals surface area (Å²) >= 11 is 0. The molecule has 204 valence electrons. The molecular formula is C31H56O4. The van der Waals surface area contributed by atoms with Crippen LogP contribution in [0.25, 0.3) is 0 Å². The summed E-state index contributed by atoms with van der Waals surface area (Å²) in [5.41, 5.74) is 0. The van der Waals surface area contributed by atoms with Gasteiger partial charge in [-0.25, -0.2) is 0 Å². The van der Waals surface area contributed by atoms with Crippen LogP contribution in [-0.4, -0.2) is 23.1 Å². The van der Waals surface area contributed by atoms with E-state index in [4.69, 9.17) is 9.84 Å². The van der Waals surface area contributed by atoms with Gasteiger partial charge in [-0.15, -0.1) is 0 Å². The molecule has 0 rings (SSSR count). The van der Waals surface area contributed by atoms with E-state index >= 15 is 0 Å². The molecule has 0 fully saturated rings. The summed E-state index contributed by atoms with van der Waals surface area (Å²) in [6.45, 7) is 4.40. The first-order valence-corrected chi connectivity index (χ1v) is 14.8. The molecule has 0 aliphatic rings. The maximum Gasteiger partial charge on any atom is 0.306 e. The van der Waals surface area contributed by atoms with E-state index in [2.05, 4.69) is 32.1 Å². The molecule has 1 unspecified atom stereocenters. The standard InChI is InChI=1S/C31H56O4/c1-3-5-7-8-9-10-11-12-13-14-15-16-17-18-24-28-31(34)35-29(25-21-6-4-2)26-22-19-20-23-27-30(32)33/h12-13,21,25,29H,3-11,14-20,22-24,26-28H2,1-2H3,(H,32,33)/b13-12-,25-21-. The van der Waals surface area contributed by atoms with Gasteiger partial charge in [-0.2, -0.15) is 0 Å². The van der Waals surface area contributed by atoms with Gasteiger partial charge in [-0.1, -0.05) is 103 Å². The lowest BCUT2D eigenvalue weighted by molar-refractivity contribution is -0.147. The maximum absolute atomic E-state index is 12.3. The third-order valence-electron chi connectivity index (χ3n) is 6.36. The number of esters is 1. The number of hydrogen-bond acceptors (Lipinski definition) is 3. The van der Waals surface area contributed by atoms with E-state index < -0.39 is 5.97 Å². The van der Waals surface area contributed by atoms with Gasteiger partial charge in [-0.3, -0.25) is 9.59 Å². The van der Waals surface area contributed by atoms with Crippen molar-refractivity contribution in [3.63, 3.8) is 0 Å². The number of carbonyl (C=O) groups excluding carboxylic acids is 1. The van der Waals surface area contributed by atoms with Gasteiger partial charge in [0.1, 0.15) is 6.10 Å². The quantitative estimate of drug-likeness (QED) is 0.0741. The molecule has 0 aliphatic carbocycles. The average molecular weight is 493 g/mol. The van der Waals surface area contributed by atoms with Gasteiger partial charge in [-0.05, 0) is 63.9 Å². The Kier molecular flexibility index (Phi) is 25.8. The number of carbonyl (C=O) groups is 2. The van der Waals surface area contributed by atoms with E-state index in [1.165, 1.54) is 70.6 Å². The van der Waals surface area contributed by atoms with E-state index in [-0.39, 0.29) is 18.5 Å². The summed E-state index contributed by atoms with van der Waals surface area (Å²) < 4.78 is 5.73. The molecule has 35 heavy (non-hydrogen) atoms. The SMILES string of the molecule is CCC/C=C\C(CCCCCCC(=O)O)OC(=O)CCCCCCC/C=C\CCCCCCCC. The van der Waals surface area contributed by atoms with E-state index in [9.17, 15) is 9.59 Å². The smallest absolute Gasteiger partial charge is 0.306 e. The fraction of sp³-hybridized carbons (Fsp3) is 0.806. The first-order chi connectivity index (χ1) is 17.1.